The quantitative estimate of drug-likeness (QED) is 0.584. The summed E-state index contributed by atoms with van der Waals surface area (Å²) in [6.45, 7) is 0. The second-order valence-electron chi connectivity index (χ2n) is 6.35. The Labute approximate surface area is 148 Å². The number of hydrogen-bond donors (Lipinski definition) is 2. The van der Waals surface area contributed by atoms with Crippen LogP contribution in [0.1, 0.15) is 12.8 Å². The Hall–Kier alpha value is -2.51. The van der Waals surface area contributed by atoms with E-state index < -0.39 is 0 Å². The number of thiophene rings is 1. The van der Waals surface area contributed by atoms with E-state index in [1.54, 1.807) is 18.4 Å². The molecule has 2 N–H and O–H groups in total. The van der Waals surface area contributed by atoms with E-state index in [9.17, 15) is 0 Å². The van der Waals surface area contributed by atoms with Gasteiger partial charge in [-0.1, -0.05) is 0 Å². The van der Waals surface area contributed by atoms with Crippen LogP contribution in [0.3, 0.4) is 0 Å². The van der Waals surface area contributed by atoms with Crippen molar-refractivity contribution in [1.82, 2.24) is 19.9 Å². The van der Waals surface area contributed by atoms with Gasteiger partial charge in [0.2, 0.25) is 5.95 Å². The molecule has 0 radical (unpaired) electrons. The van der Waals surface area contributed by atoms with Crippen molar-refractivity contribution >= 4 is 38.4 Å². The fraction of sp³-hybridized carbons (Fsp3) is 0.278. The maximum absolute atomic E-state index is 5.31. The van der Waals surface area contributed by atoms with Gasteiger partial charge in [0.25, 0.3) is 0 Å². The van der Waals surface area contributed by atoms with Crippen molar-refractivity contribution < 1.29 is 4.74 Å². The fourth-order valence-corrected chi connectivity index (χ4v) is 4.32. The van der Waals surface area contributed by atoms with Crippen molar-refractivity contribution in [2.75, 3.05) is 12.4 Å². The highest BCUT2D eigenvalue weighted by Crippen LogP contribution is 2.36. The van der Waals surface area contributed by atoms with Gasteiger partial charge in [-0.25, -0.2) is 4.98 Å². The van der Waals surface area contributed by atoms with Gasteiger partial charge in [0, 0.05) is 63.9 Å². The molecule has 0 aliphatic heterocycles. The summed E-state index contributed by atoms with van der Waals surface area (Å²) in [6, 6.07) is 4.61. The van der Waals surface area contributed by atoms with E-state index in [0.717, 1.165) is 34.8 Å². The molecule has 0 bridgehead atoms. The minimum Gasteiger partial charge on any atom is -0.381 e. The van der Waals surface area contributed by atoms with Gasteiger partial charge in [-0.3, -0.25) is 4.98 Å². The van der Waals surface area contributed by atoms with E-state index in [4.69, 9.17) is 4.74 Å². The number of fused-ring (bicyclic) bond motifs is 2. The number of nitrogens with zero attached hydrogens (tertiary/aromatic N) is 3. The number of ether oxygens (including phenoxy) is 1. The number of aromatic amines is 1. The summed E-state index contributed by atoms with van der Waals surface area (Å²) in [4.78, 5) is 17.8. The summed E-state index contributed by atoms with van der Waals surface area (Å²) in [7, 11) is 1.76. The number of rotatable bonds is 4. The Morgan fingerprint density at radius 3 is 3.08 bits per heavy atom. The Morgan fingerprint density at radius 2 is 2.24 bits per heavy atom. The zero-order valence-electron chi connectivity index (χ0n) is 13.7. The summed E-state index contributed by atoms with van der Waals surface area (Å²) in [5.74, 6) is 0.668. The van der Waals surface area contributed by atoms with Crippen molar-refractivity contribution in [3.05, 3.63) is 36.9 Å². The lowest BCUT2D eigenvalue weighted by molar-refractivity contribution is 0.0327. The van der Waals surface area contributed by atoms with Crippen LogP contribution in [0.15, 0.2) is 36.9 Å². The van der Waals surface area contributed by atoms with E-state index in [1.807, 2.05) is 30.9 Å². The standard InChI is InChI=1S/C18H17N5OS/c1-24-12-5-11(6-12)22-18-21-9-14-13(8-20-17(14)23-18)16-4-10-7-19-3-2-15(10)25-16/h2-4,7-9,11-12H,5-6H2,1H3,(H2,20,21,22,23)/t11-,12+. The topological polar surface area (TPSA) is 75.7 Å². The lowest BCUT2D eigenvalue weighted by Crippen LogP contribution is -2.40. The number of aromatic nitrogens is 4. The molecule has 0 amide bonds. The Balaban J connectivity index is 1.45. The van der Waals surface area contributed by atoms with E-state index in [0.29, 0.717) is 18.1 Å². The number of methoxy groups -OCH3 is 1. The minimum absolute atomic E-state index is 0.362. The van der Waals surface area contributed by atoms with Crippen LogP contribution >= 0.6 is 11.3 Å². The highest BCUT2D eigenvalue weighted by Gasteiger charge is 2.29. The number of nitrogens with one attached hydrogen (secondary N) is 2. The predicted octanol–water partition coefficient (Wildman–Crippen LogP) is 3.82. The molecule has 7 heteroatoms. The number of hydrogen-bond acceptors (Lipinski definition) is 6. The average Bonchev–Trinajstić information content (AvgIpc) is 3.20. The van der Waals surface area contributed by atoms with Gasteiger partial charge in [0.1, 0.15) is 5.65 Å². The van der Waals surface area contributed by atoms with E-state index in [-0.39, 0.29) is 0 Å². The summed E-state index contributed by atoms with van der Waals surface area (Å²) in [6.07, 6.45) is 9.99. The van der Waals surface area contributed by atoms with Gasteiger partial charge in [0.05, 0.1) is 6.10 Å². The molecular formula is C18H17N5OS. The normalized spacial score (nSPS) is 20.0. The minimum atomic E-state index is 0.362. The third-order valence-corrected chi connectivity index (χ3v) is 5.92. The first-order chi connectivity index (χ1) is 12.3. The van der Waals surface area contributed by atoms with Crippen LogP contribution in [0, 0.1) is 0 Å². The van der Waals surface area contributed by atoms with Gasteiger partial charge in [-0.05, 0) is 25.0 Å². The van der Waals surface area contributed by atoms with Gasteiger partial charge >= 0.3 is 0 Å². The number of pyridine rings is 1. The lowest BCUT2D eigenvalue weighted by Gasteiger charge is -2.34. The molecule has 4 heterocycles. The molecule has 0 aromatic carbocycles. The highest BCUT2D eigenvalue weighted by atomic mass is 32.1. The monoisotopic (exact) mass is 351 g/mol. The van der Waals surface area contributed by atoms with Crippen molar-refractivity contribution in [1.29, 1.82) is 0 Å². The second kappa shape index (κ2) is 5.79. The molecule has 1 aliphatic rings. The van der Waals surface area contributed by atoms with Gasteiger partial charge in [0.15, 0.2) is 0 Å². The molecule has 4 aromatic rings. The third kappa shape index (κ3) is 2.56. The molecule has 0 spiro atoms. The molecule has 0 atom stereocenters. The third-order valence-electron chi connectivity index (χ3n) is 4.78. The summed E-state index contributed by atoms with van der Waals surface area (Å²) in [5.41, 5.74) is 1.98. The van der Waals surface area contributed by atoms with Crippen molar-refractivity contribution in [2.45, 2.75) is 25.0 Å². The highest BCUT2D eigenvalue weighted by molar-refractivity contribution is 7.22. The van der Waals surface area contributed by atoms with Gasteiger partial charge in [-0.15, -0.1) is 11.3 Å². The second-order valence-corrected chi connectivity index (χ2v) is 7.44. The predicted molar refractivity (Wildman–Crippen MR) is 99.9 cm³/mol. The van der Waals surface area contributed by atoms with Crippen LogP contribution in [-0.2, 0) is 4.74 Å². The molecule has 1 saturated carbocycles. The first-order valence-electron chi connectivity index (χ1n) is 8.27. The van der Waals surface area contributed by atoms with Crippen molar-refractivity contribution in [2.24, 2.45) is 0 Å². The largest absolute Gasteiger partial charge is 0.381 e. The molecule has 5 rings (SSSR count). The van der Waals surface area contributed by atoms with Crippen LogP contribution in [0.2, 0.25) is 0 Å². The van der Waals surface area contributed by atoms with Crippen LogP contribution in [0.4, 0.5) is 5.95 Å². The molecule has 0 unspecified atom stereocenters. The summed E-state index contributed by atoms with van der Waals surface area (Å²) >= 11 is 1.76. The van der Waals surface area contributed by atoms with E-state index in [1.165, 1.54) is 9.58 Å². The molecule has 126 valence electrons. The summed E-state index contributed by atoms with van der Waals surface area (Å²) < 4.78 is 6.54. The maximum Gasteiger partial charge on any atom is 0.224 e. The Morgan fingerprint density at radius 1 is 1.32 bits per heavy atom. The first kappa shape index (κ1) is 14.8. The van der Waals surface area contributed by atoms with Crippen molar-refractivity contribution in [3.8, 4) is 10.4 Å². The SMILES string of the molecule is CO[C@H]1C[C@@H](Nc2ncc3c(-c4cc5cnccc5s4)c[nH]c3n2)C1. The zero-order valence-corrected chi connectivity index (χ0v) is 14.5. The van der Waals surface area contributed by atoms with Gasteiger partial charge in [-0.2, -0.15) is 4.98 Å². The van der Waals surface area contributed by atoms with Crippen LogP contribution in [-0.4, -0.2) is 39.2 Å². The summed E-state index contributed by atoms with van der Waals surface area (Å²) in [5, 5.41) is 5.57. The number of anilines is 1. The van der Waals surface area contributed by atoms with Crippen molar-refractivity contribution in [3.63, 3.8) is 0 Å². The van der Waals surface area contributed by atoms with Crippen LogP contribution in [0.5, 0.6) is 0 Å². The Bertz CT molecular complexity index is 1020. The lowest BCUT2D eigenvalue weighted by atomic mass is 9.89. The molecule has 25 heavy (non-hydrogen) atoms. The molecule has 1 fully saturated rings. The van der Waals surface area contributed by atoms with E-state index in [2.05, 4.69) is 31.3 Å². The average molecular weight is 351 g/mol. The fourth-order valence-electron chi connectivity index (χ4n) is 3.26. The molecule has 1 aliphatic carbocycles. The molecule has 6 nitrogen and oxygen atoms in total. The Kier molecular flexibility index (Phi) is 3.43. The van der Waals surface area contributed by atoms with E-state index >= 15 is 0 Å². The van der Waals surface area contributed by atoms with Crippen LogP contribution < -0.4 is 5.32 Å². The van der Waals surface area contributed by atoms with Crippen LogP contribution in [0.25, 0.3) is 31.6 Å². The number of H-pyrrole nitrogens is 1. The van der Waals surface area contributed by atoms with Gasteiger partial charge < -0.3 is 15.0 Å². The molecular weight excluding hydrogens is 334 g/mol. The molecule has 0 saturated heterocycles. The molecule has 4 aromatic heterocycles. The first-order valence-corrected chi connectivity index (χ1v) is 9.09. The maximum atomic E-state index is 5.31. The zero-order chi connectivity index (χ0) is 16.8. The smallest absolute Gasteiger partial charge is 0.224 e.